The number of halogens is 2. The van der Waals surface area contributed by atoms with Gasteiger partial charge in [-0.05, 0) is 11.6 Å². The van der Waals surface area contributed by atoms with Crippen LogP contribution in [-0.2, 0) is 11.3 Å². The van der Waals surface area contributed by atoms with Crippen LogP contribution in [0.3, 0.4) is 0 Å². The third kappa shape index (κ3) is 3.96. The number of nitrogens with one attached hydrogen (secondary N) is 1. The molecule has 0 spiro atoms. The first-order valence-corrected chi connectivity index (χ1v) is 6.73. The first-order chi connectivity index (χ1) is 9.47. The summed E-state index contributed by atoms with van der Waals surface area (Å²) >= 11 is 0. The van der Waals surface area contributed by atoms with E-state index in [9.17, 15) is 13.6 Å². The lowest BCUT2D eigenvalue weighted by Gasteiger charge is -2.36. The van der Waals surface area contributed by atoms with E-state index in [1.54, 1.807) is 23.4 Å². The summed E-state index contributed by atoms with van der Waals surface area (Å²) in [6.07, 6.45) is 3.18. The molecule has 2 heterocycles. The van der Waals surface area contributed by atoms with Gasteiger partial charge in [-0.2, -0.15) is 0 Å². The minimum atomic E-state index is -2.61. The standard InChI is InChI=1S/C14H19F2N3O/c1-11-9-19(6-4-14(11,15)16)10-13(20)18-8-12-3-2-5-17-7-12/h2-3,5,7,11H,4,6,8-10H2,1H3,(H,18,20). The van der Waals surface area contributed by atoms with Crippen molar-refractivity contribution in [2.45, 2.75) is 25.8 Å². The van der Waals surface area contributed by atoms with E-state index in [1.165, 1.54) is 6.92 Å². The molecule has 1 aromatic rings. The molecule has 1 fully saturated rings. The van der Waals surface area contributed by atoms with Crippen molar-refractivity contribution in [2.75, 3.05) is 19.6 Å². The Morgan fingerprint density at radius 1 is 1.60 bits per heavy atom. The van der Waals surface area contributed by atoms with Gasteiger partial charge >= 0.3 is 0 Å². The zero-order valence-electron chi connectivity index (χ0n) is 11.5. The molecule has 1 unspecified atom stereocenters. The maximum absolute atomic E-state index is 13.3. The van der Waals surface area contributed by atoms with Gasteiger partial charge in [-0.3, -0.25) is 14.7 Å². The SMILES string of the molecule is CC1CN(CC(=O)NCc2cccnc2)CCC1(F)F. The molecule has 0 aromatic carbocycles. The molecule has 1 saturated heterocycles. The Kier molecular flexibility index (Phi) is 4.65. The molecule has 1 aromatic heterocycles. The summed E-state index contributed by atoms with van der Waals surface area (Å²) in [6, 6.07) is 3.67. The van der Waals surface area contributed by atoms with Crippen LogP contribution in [0.1, 0.15) is 18.9 Å². The summed E-state index contributed by atoms with van der Waals surface area (Å²) in [6.45, 7) is 2.62. The Hall–Kier alpha value is -1.56. The zero-order chi connectivity index (χ0) is 14.6. The van der Waals surface area contributed by atoms with Crippen molar-refractivity contribution in [1.82, 2.24) is 15.2 Å². The molecular formula is C14H19F2N3O. The predicted molar refractivity (Wildman–Crippen MR) is 71.3 cm³/mol. The summed E-state index contributed by atoms with van der Waals surface area (Å²) in [5.74, 6) is -3.46. The molecule has 0 radical (unpaired) electrons. The normalized spacial score (nSPS) is 22.4. The van der Waals surface area contributed by atoms with Crippen molar-refractivity contribution in [2.24, 2.45) is 5.92 Å². The average Bonchev–Trinajstić information content (AvgIpc) is 2.42. The molecule has 1 N–H and O–H groups in total. The molecule has 1 aliphatic heterocycles. The molecule has 4 nitrogen and oxygen atoms in total. The molecule has 20 heavy (non-hydrogen) atoms. The average molecular weight is 283 g/mol. The second-order valence-electron chi connectivity index (χ2n) is 5.29. The van der Waals surface area contributed by atoms with E-state index in [2.05, 4.69) is 10.3 Å². The Bertz CT molecular complexity index is 453. The predicted octanol–water partition coefficient (Wildman–Crippen LogP) is 1.67. The van der Waals surface area contributed by atoms with Gasteiger partial charge in [0.25, 0.3) is 5.92 Å². The Morgan fingerprint density at radius 3 is 3.05 bits per heavy atom. The molecular weight excluding hydrogens is 264 g/mol. The van der Waals surface area contributed by atoms with Gasteiger partial charge in [0.15, 0.2) is 0 Å². The van der Waals surface area contributed by atoms with Gasteiger partial charge in [-0.15, -0.1) is 0 Å². The third-order valence-corrected chi connectivity index (χ3v) is 3.59. The van der Waals surface area contributed by atoms with Gasteiger partial charge in [0, 0.05) is 44.4 Å². The number of hydrogen-bond donors (Lipinski definition) is 1. The van der Waals surface area contributed by atoms with Crippen LogP contribution < -0.4 is 5.32 Å². The van der Waals surface area contributed by atoms with E-state index in [4.69, 9.17) is 0 Å². The second kappa shape index (κ2) is 6.26. The number of pyridine rings is 1. The van der Waals surface area contributed by atoms with Gasteiger partial charge in [-0.1, -0.05) is 13.0 Å². The van der Waals surface area contributed by atoms with Gasteiger partial charge in [0.2, 0.25) is 5.91 Å². The van der Waals surface area contributed by atoms with Gasteiger partial charge in [-0.25, -0.2) is 8.78 Å². The number of rotatable bonds is 4. The fraction of sp³-hybridized carbons (Fsp3) is 0.571. The first-order valence-electron chi connectivity index (χ1n) is 6.73. The molecule has 1 atom stereocenters. The zero-order valence-corrected chi connectivity index (χ0v) is 11.5. The van der Waals surface area contributed by atoms with Crippen LogP contribution in [0.4, 0.5) is 8.78 Å². The van der Waals surface area contributed by atoms with Crippen LogP contribution >= 0.6 is 0 Å². The summed E-state index contributed by atoms with van der Waals surface area (Å²) in [4.78, 5) is 17.5. The number of piperidine rings is 1. The van der Waals surface area contributed by atoms with Crippen molar-refractivity contribution in [3.63, 3.8) is 0 Å². The van der Waals surface area contributed by atoms with Crippen molar-refractivity contribution in [1.29, 1.82) is 0 Å². The lowest BCUT2D eigenvalue weighted by atomic mass is 9.95. The van der Waals surface area contributed by atoms with Crippen molar-refractivity contribution in [3.8, 4) is 0 Å². The third-order valence-electron chi connectivity index (χ3n) is 3.59. The summed E-state index contributed by atoms with van der Waals surface area (Å²) in [5.41, 5.74) is 0.916. The van der Waals surface area contributed by atoms with Crippen LogP contribution in [-0.4, -0.2) is 41.3 Å². The van der Waals surface area contributed by atoms with E-state index < -0.39 is 11.8 Å². The van der Waals surface area contributed by atoms with Gasteiger partial charge in [0.05, 0.1) is 6.54 Å². The fourth-order valence-electron chi connectivity index (χ4n) is 2.27. The monoisotopic (exact) mass is 283 g/mol. The summed E-state index contributed by atoms with van der Waals surface area (Å²) in [5, 5.41) is 2.77. The Labute approximate surface area is 117 Å². The lowest BCUT2D eigenvalue weighted by Crippen LogP contribution is -2.48. The highest BCUT2D eigenvalue weighted by Gasteiger charge is 2.41. The molecule has 0 saturated carbocycles. The highest BCUT2D eigenvalue weighted by atomic mass is 19.3. The van der Waals surface area contributed by atoms with E-state index in [0.717, 1.165) is 5.56 Å². The molecule has 1 amide bonds. The summed E-state index contributed by atoms with van der Waals surface area (Å²) < 4.78 is 26.7. The van der Waals surface area contributed by atoms with E-state index >= 15 is 0 Å². The molecule has 2 rings (SSSR count). The lowest BCUT2D eigenvalue weighted by molar-refractivity contribution is -0.128. The Balaban J connectivity index is 1.75. The van der Waals surface area contributed by atoms with E-state index in [-0.39, 0.29) is 32.0 Å². The maximum Gasteiger partial charge on any atom is 0.253 e. The first kappa shape index (κ1) is 14.8. The van der Waals surface area contributed by atoms with Crippen LogP contribution in [0.25, 0.3) is 0 Å². The fourth-order valence-corrected chi connectivity index (χ4v) is 2.27. The number of likely N-dealkylation sites (tertiary alicyclic amines) is 1. The highest BCUT2D eigenvalue weighted by molar-refractivity contribution is 5.78. The quantitative estimate of drug-likeness (QED) is 0.914. The van der Waals surface area contributed by atoms with E-state index in [1.807, 2.05) is 6.07 Å². The van der Waals surface area contributed by atoms with Gasteiger partial charge in [0.1, 0.15) is 0 Å². The Morgan fingerprint density at radius 2 is 2.40 bits per heavy atom. The van der Waals surface area contributed by atoms with Gasteiger partial charge < -0.3 is 5.32 Å². The van der Waals surface area contributed by atoms with E-state index in [0.29, 0.717) is 6.54 Å². The number of aromatic nitrogens is 1. The minimum absolute atomic E-state index is 0.147. The summed E-state index contributed by atoms with van der Waals surface area (Å²) in [7, 11) is 0. The number of nitrogens with zero attached hydrogens (tertiary/aromatic N) is 2. The van der Waals surface area contributed by atoms with Crippen molar-refractivity contribution < 1.29 is 13.6 Å². The van der Waals surface area contributed by atoms with Crippen molar-refractivity contribution >= 4 is 5.91 Å². The van der Waals surface area contributed by atoms with Crippen molar-refractivity contribution in [3.05, 3.63) is 30.1 Å². The van der Waals surface area contributed by atoms with Crippen LogP contribution in [0.5, 0.6) is 0 Å². The molecule has 0 bridgehead atoms. The number of alkyl halides is 2. The number of amides is 1. The number of hydrogen-bond acceptors (Lipinski definition) is 3. The minimum Gasteiger partial charge on any atom is -0.351 e. The van der Waals surface area contributed by atoms with Crippen LogP contribution in [0.2, 0.25) is 0 Å². The highest BCUT2D eigenvalue weighted by Crippen LogP contribution is 2.32. The largest absolute Gasteiger partial charge is 0.351 e. The smallest absolute Gasteiger partial charge is 0.253 e. The molecule has 1 aliphatic rings. The van der Waals surface area contributed by atoms with Crippen LogP contribution in [0.15, 0.2) is 24.5 Å². The molecule has 6 heteroatoms. The topological polar surface area (TPSA) is 45.2 Å². The maximum atomic E-state index is 13.3. The molecule has 110 valence electrons. The number of carbonyl (C=O) groups excluding carboxylic acids is 1. The van der Waals surface area contributed by atoms with Crippen LogP contribution in [0, 0.1) is 5.92 Å². The second-order valence-corrected chi connectivity index (χ2v) is 5.29. The number of carbonyl (C=O) groups is 1. The molecule has 0 aliphatic carbocycles.